The highest BCUT2D eigenvalue weighted by Gasteiger charge is 1.34. The van der Waals surface area contributed by atoms with Gasteiger partial charge < -0.3 is 4.46 Å². The summed E-state index contributed by atoms with van der Waals surface area (Å²) in [6.45, 7) is 1.76. The van der Waals surface area contributed by atoms with Crippen LogP contribution in [0, 0.1) is 0 Å². The first-order valence-corrected chi connectivity index (χ1v) is 2.06. The Kier molecular flexibility index (Phi) is 2.81. The van der Waals surface area contributed by atoms with Crippen LogP contribution in [0.4, 0.5) is 0 Å². The summed E-state index contributed by atoms with van der Waals surface area (Å²) < 4.78 is 9.27. The van der Waals surface area contributed by atoms with E-state index in [0.29, 0.717) is 0 Å². The maximum absolute atomic E-state index is 9.27. The van der Waals surface area contributed by atoms with Gasteiger partial charge in [0.2, 0.25) is 0 Å². The summed E-state index contributed by atoms with van der Waals surface area (Å²) in [5, 5.41) is 0. The van der Waals surface area contributed by atoms with E-state index in [1.54, 1.807) is 12.6 Å². The standard InChI is InChI=1S/C2H4OSi/c1-2-4-3/h2H,1H3. The van der Waals surface area contributed by atoms with Gasteiger partial charge in [-0.05, 0) is 12.6 Å². The molecule has 0 radical (unpaired) electrons. The van der Waals surface area contributed by atoms with Crippen molar-refractivity contribution in [3.05, 3.63) is 0 Å². The van der Waals surface area contributed by atoms with E-state index >= 15 is 0 Å². The molecule has 0 bridgehead atoms. The smallest absolute Gasteiger partial charge is 0.256 e. The Morgan fingerprint density at radius 2 is 2.25 bits per heavy atom. The molecule has 0 aliphatic carbocycles. The zero-order valence-electron chi connectivity index (χ0n) is 2.49. The molecule has 0 aliphatic heterocycles. The van der Waals surface area contributed by atoms with Crippen molar-refractivity contribution >= 4 is 14.7 Å². The Morgan fingerprint density at radius 1 is 2.00 bits per heavy atom. The van der Waals surface area contributed by atoms with Crippen LogP contribution in [0.15, 0.2) is 0 Å². The molecule has 4 heavy (non-hydrogen) atoms. The third-order valence-corrected chi connectivity index (χ3v) is 0.354. The van der Waals surface area contributed by atoms with E-state index in [-0.39, 0.29) is 9.02 Å². The predicted octanol–water partition coefficient (Wildman–Crippen LogP) is -0.142. The van der Waals surface area contributed by atoms with E-state index in [4.69, 9.17) is 0 Å². The first-order chi connectivity index (χ1) is 1.91. The second kappa shape index (κ2) is 2.89. The van der Waals surface area contributed by atoms with Crippen LogP contribution in [-0.4, -0.2) is 14.7 Å². The minimum atomic E-state index is -0.235. The van der Waals surface area contributed by atoms with Crippen molar-refractivity contribution < 1.29 is 4.46 Å². The molecule has 0 saturated heterocycles. The topological polar surface area (TPSA) is 17.1 Å². The third kappa shape index (κ3) is 1.89. The average molecular weight is 72.1 g/mol. The SMILES string of the molecule is CC=[Si]=O. The molecule has 0 amide bonds. The highest BCUT2D eigenvalue weighted by molar-refractivity contribution is 6.32. The lowest BCUT2D eigenvalue weighted by molar-refractivity contribution is 0.587. The molecule has 0 saturated carbocycles. The van der Waals surface area contributed by atoms with E-state index in [2.05, 4.69) is 0 Å². The zero-order valence-corrected chi connectivity index (χ0v) is 3.49. The molecule has 0 aromatic heterocycles. The zero-order chi connectivity index (χ0) is 3.41. The summed E-state index contributed by atoms with van der Waals surface area (Å²) >= 11 is 0. The highest BCUT2D eigenvalue weighted by Crippen LogP contribution is 1.15. The Morgan fingerprint density at radius 3 is 2.25 bits per heavy atom. The molecule has 0 N–H and O–H groups in total. The van der Waals surface area contributed by atoms with Crippen molar-refractivity contribution in [3.63, 3.8) is 0 Å². The molecule has 0 atom stereocenters. The van der Waals surface area contributed by atoms with Gasteiger partial charge in [0.1, 0.15) is 0 Å². The van der Waals surface area contributed by atoms with Crippen molar-refractivity contribution in [1.82, 2.24) is 0 Å². The largest absolute Gasteiger partial charge is 0.326 e. The highest BCUT2D eigenvalue weighted by atomic mass is 28.2. The monoisotopic (exact) mass is 72.0 g/mol. The van der Waals surface area contributed by atoms with Gasteiger partial charge in [0.15, 0.2) is 0 Å². The fourth-order valence-electron chi connectivity index (χ4n) is 0. The molecule has 0 heterocycles. The second-order valence-corrected chi connectivity index (χ2v) is 1.22. The predicted molar refractivity (Wildman–Crippen MR) is 18.2 cm³/mol. The summed E-state index contributed by atoms with van der Waals surface area (Å²) in [5.74, 6) is 0. The first-order valence-electron chi connectivity index (χ1n) is 1.07. The number of hydrogen-bond acceptors (Lipinski definition) is 1. The van der Waals surface area contributed by atoms with Gasteiger partial charge in [0, 0.05) is 0 Å². The van der Waals surface area contributed by atoms with Crippen LogP contribution in [0.1, 0.15) is 6.92 Å². The molecule has 0 aliphatic rings. The lowest BCUT2D eigenvalue weighted by atomic mass is 11.0. The van der Waals surface area contributed by atoms with Crippen LogP contribution in [0.5, 0.6) is 0 Å². The van der Waals surface area contributed by atoms with Crippen molar-refractivity contribution in [2.45, 2.75) is 6.92 Å². The summed E-state index contributed by atoms with van der Waals surface area (Å²) in [7, 11) is -0.235. The molecule has 0 fully saturated rings. The van der Waals surface area contributed by atoms with E-state index < -0.39 is 0 Å². The van der Waals surface area contributed by atoms with Gasteiger partial charge in [-0.15, -0.1) is 0 Å². The van der Waals surface area contributed by atoms with Crippen LogP contribution in [0.25, 0.3) is 0 Å². The molecule has 0 aromatic carbocycles. The van der Waals surface area contributed by atoms with Gasteiger partial charge >= 0.3 is 0 Å². The Labute approximate surface area is 27.1 Å². The van der Waals surface area contributed by atoms with Crippen LogP contribution in [-0.2, 0) is 4.46 Å². The minimum absolute atomic E-state index is 0.235. The van der Waals surface area contributed by atoms with E-state index in [0.717, 1.165) is 0 Å². The average Bonchev–Trinajstić information content (AvgIpc) is 1.37. The number of rotatable bonds is 0. The molecular formula is C2H4OSi. The Bertz CT molecular complexity index is 44.0. The molecule has 22 valence electrons. The molecular weight excluding hydrogens is 68.1 g/mol. The summed E-state index contributed by atoms with van der Waals surface area (Å²) in [6.07, 6.45) is 0. The normalized spacial score (nSPS) is 4.25. The molecule has 0 unspecified atom stereocenters. The first kappa shape index (κ1) is 3.89. The maximum atomic E-state index is 9.27. The van der Waals surface area contributed by atoms with Crippen molar-refractivity contribution in [2.24, 2.45) is 0 Å². The van der Waals surface area contributed by atoms with Crippen LogP contribution in [0.2, 0.25) is 0 Å². The van der Waals surface area contributed by atoms with Gasteiger partial charge in [-0.3, -0.25) is 0 Å². The summed E-state index contributed by atoms with van der Waals surface area (Å²) in [5.41, 5.74) is 1.60. The van der Waals surface area contributed by atoms with Gasteiger partial charge in [-0.2, -0.15) is 0 Å². The van der Waals surface area contributed by atoms with Gasteiger partial charge in [0.25, 0.3) is 9.02 Å². The van der Waals surface area contributed by atoms with E-state index in [1.165, 1.54) is 0 Å². The minimum Gasteiger partial charge on any atom is -0.326 e. The maximum Gasteiger partial charge on any atom is 0.256 e. The van der Waals surface area contributed by atoms with Gasteiger partial charge in [0.05, 0.1) is 0 Å². The van der Waals surface area contributed by atoms with Crippen LogP contribution in [0.3, 0.4) is 0 Å². The summed E-state index contributed by atoms with van der Waals surface area (Å²) in [6, 6.07) is 0. The van der Waals surface area contributed by atoms with E-state index in [1.807, 2.05) is 0 Å². The lowest BCUT2D eigenvalue weighted by Gasteiger charge is -1.30. The van der Waals surface area contributed by atoms with Crippen LogP contribution >= 0.6 is 0 Å². The number of hydrogen-bond donors (Lipinski definition) is 0. The molecule has 0 spiro atoms. The quantitative estimate of drug-likeness (QED) is 0.364. The molecule has 0 rings (SSSR count). The fourth-order valence-corrected chi connectivity index (χ4v) is 0. The lowest BCUT2D eigenvalue weighted by Crippen LogP contribution is -1.52. The van der Waals surface area contributed by atoms with Gasteiger partial charge in [-0.25, -0.2) is 0 Å². The summed E-state index contributed by atoms with van der Waals surface area (Å²) in [4.78, 5) is 0. The Balaban J connectivity index is 3.11. The van der Waals surface area contributed by atoms with Crippen molar-refractivity contribution in [3.8, 4) is 0 Å². The third-order valence-electron chi connectivity index (χ3n) is 0.118. The Hall–Kier alpha value is -0.113. The van der Waals surface area contributed by atoms with Gasteiger partial charge in [-0.1, -0.05) is 0 Å². The van der Waals surface area contributed by atoms with Crippen molar-refractivity contribution in [1.29, 1.82) is 0 Å². The van der Waals surface area contributed by atoms with Crippen LogP contribution < -0.4 is 0 Å². The van der Waals surface area contributed by atoms with Crippen molar-refractivity contribution in [2.75, 3.05) is 0 Å². The second-order valence-electron chi connectivity index (χ2n) is 0.407. The van der Waals surface area contributed by atoms with E-state index in [9.17, 15) is 4.46 Å². The fraction of sp³-hybridized carbons (Fsp3) is 0.500. The molecule has 1 nitrogen and oxygen atoms in total. The molecule has 2 heteroatoms. The molecule has 0 aromatic rings.